The van der Waals surface area contributed by atoms with E-state index in [0.29, 0.717) is 6.54 Å². The Hall–Kier alpha value is -1.14. The lowest BCUT2D eigenvalue weighted by atomic mass is 9.96. The summed E-state index contributed by atoms with van der Waals surface area (Å²) in [6.07, 6.45) is 6.18. The van der Waals surface area contributed by atoms with E-state index in [1.54, 1.807) is 11.3 Å². The largest absolute Gasteiger partial charge is 0.396 e. The highest BCUT2D eigenvalue weighted by atomic mass is 32.1. The zero-order valence-electron chi connectivity index (χ0n) is 12.6. The van der Waals surface area contributed by atoms with Gasteiger partial charge in [-0.1, -0.05) is 19.3 Å². The number of carbonyl (C=O) groups is 1. The van der Waals surface area contributed by atoms with E-state index >= 15 is 0 Å². The fourth-order valence-corrected chi connectivity index (χ4v) is 3.49. The molecule has 1 fully saturated rings. The number of nitrogens with one attached hydrogen (secondary N) is 2. The van der Waals surface area contributed by atoms with Gasteiger partial charge in [0.1, 0.15) is 0 Å². The Morgan fingerprint density at radius 2 is 2.24 bits per heavy atom. The van der Waals surface area contributed by atoms with Crippen molar-refractivity contribution < 1.29 is 9.90 Å². The molecule has 5 nitrogen and oxygen atoms in total. The van der Waals surface area contributed by atoms with E-state index in [2.05, 4.69) is 15.6 Å². The minimum Gasteiger partial charge on any atom is -0.396 e. The Bertz CT molecular complexity index is 450. The number of aromatic nitrogens is 1. The van der Waals surface area contributed by atoms with Gasteiger partial charge in [0.05, 0.1) is 10.7 Å². The van der Waals surface area contributed by atoms with Crippen molar-refractivity contribution >= 4 is 17.4 Å². The van der Waals surface area contributed by atoms with Crippen molar-refractivity contribution in [3.8, 4) is 0 Å². The third-order valence-corrected chi connectivity index (χ3v) is 4.87. The Morgan fingerprint density at radius 1 is 1.43 bits per heavy atom. The number of urea groups is 1. The van der Waals surface area contributed by atoms with Gasteiger partial charge in [-0.25, -0.2) is 9.78 Å². The first-order valence-electron chi connectivity index (χ1n) is 7.75. The van der Waals surface area contributed by atoms with Crippen LogP contribution in [0.5, 0.6) is 0 Å². The second-order valence-electron chi connectivity index (χ2n) is 5.70. The number of carbonyl (C=O) groups excluding carboxylic acids is 1. The van der Waals surface area contributed by atoms with Gasteiger partial charge in [0, 0.05) is 36.9 Å². The molecule has 1 aliphatic carbocycles. The molecule has 0 aromatic carbocycles. The Balaban J connectivity index is 1.72. The second kappa shape index (κ2) is 8.34. The lowest BCUT2D eigenvalue weighted by Gasteiger charge is -2.24. The first-order chi connectivity index (χ1) is 10.2. The van der Waals surface area contributed by atoms with Crippen LogP contribution in [0.25, 0.3) is 0 Å². The number of hydrogen-bond acceptors (Lipinski definition) is 4. The van der Waals surface area contributed by atoms with Crippen LogP contribution in [-0.4, -0.2) is 35.3 Å². The zero-order valence-corrected chi connectivity index (χ0v) is 13.4. The highest BCUT2D eigenvalue weighted by Gasteiger charge is 2.24. The van der Waals surface area contributed by atoms with Crippen LogP contribution < -0.4 is 10.6 Å². The molecule has 2 unspecified atom stereocenters. The third kappa shape index (κ3) is 5.28. The van der Waals surface area contributed by atoms with E-state index in [0.717, 1.165) is 42.8 Å². The van der Waals surface area contributed by atoms with Crippen LogP contribution in [0.15, 0.2) is 5.38 Å². The number of rotatable bonds is 5. The maximum Gasteiger partial charge on any atom is 0.315 e. The van der Waals surface area contributed by atoms with Crippen LogP contribution in [0, 0.1) is 12.8 Å². The molecule has 2 amide bonds. The molecule has 1 aliphatic rings. The van der Waals surface area contributed by atoms with Gasteiger partial charge in [0.15, 0.2) is 0 Å². The molecule has 2 rings (SSSR count). The Kier molecular flexibility index (Phi) is 6.45. The molecule has 2 atom stereocenters. The molecule has 6 heteroatoms. The summed E-state index contributed by atoms with van der Waals surface area (Å²) < 4.78 is 0. The highest BCUT2D eigenvalue weighted by molar-refractivity contribution is 7.09. The van der Waals surface area contributed by atoms with E-state index in [1.807, 2.05) is 12.3 Å². The van der Waals surface area contributed by atoms with Crippen molar-refractivity contribution in [2.24, 2.45) is 5.92 Å². The van der Waals surface area contributed by atoms with Gasteiger partial charge < -0.3 is 15.7 Å². The van der Waals surface area contributed by atoms with E-state index in [1.165, 1.54) is 6.42 Å². The summed E-state index contributed by atoms with van der Waals surface area (Å²) in [5, 5.41) is 18.4. The van der Waals surface area contributed by atoms with Crippen LogP contribution in [0.1, 0.15) is 42.8 Å². The molecule has 0 spiro atoms. The van der Waals surface area contributed by atoms with Crippen LogP contribution in [0.2, 0.25) is 0 Å². The third-order valence-electron chi connectivity index (χ3n) is 4.04. The smallest absolute Gasteiger partial charge is 0.315 e. The molecule has 0 radical (unpaired) electrons. The van der Waals surface area contributed by atoms with Gasteiger partial charge in [0.25, 0.3) is 0 Å². The van der Waals surface area contributed by atoms with Crippen molar-refractivity contribution in [2.45, 2.75) is 51.5 Å². The average Bonchev–Trinajstić information content (AvgIpc) is 2.74. The summed E-state index contributed by atoms with van der Waals surface area (Å²) in [6, 6.07) is -0.0358. The van der Waals surface area contributed by atoms with Crippen LogP contribution in [0.3, 0.4) is 0 Å². The number of aliphatic hydroxyl groups is 1. The van der Waals surface area contributed by atoms with Gasteiger partial charge in [-0.05, 0) is 19.8 Å². The fourth-order valence-electron chi connectivity index (χ4n) is 2.84. The van der Waals surface area contributed by atoms with Crippen LogP contribution >= 0.6 is 11.3 Å². The molecule has 1 saturated carbocycles. The second-order valence-corrected chi connectivity index (χ2v) is 6.76. The summed E-state index contributed by atoms with van der Waals surface area (Å²) in [4.78, 5) is 16.3. The molecule has 1 heterocycles. The summed E-state index contributed by atoms with van der Waals surface area (Å²) in [5.41, 5.74) is 1.03. The predicted octanol–water partition coefficient (Wildman–Crippen LogP) is 2.23. The van der Waals surface area contributed by atoms with E-state index in [-0.39, 0.29) is 24.6 Å². The molecule has 3 N–H and O–H groups in total. The SMILES string of the molecule is Cc1nc(CCNC(=O)NC2CCCCCC2CO)cs1. The van der Waals surface area contributed by atoms with Crippen molar-refractivity contribution in [1.29, 1.82) is 0 Å². The van der Waals surface area contributed by atoms with Gasteiger partial charge in [-0.2, -0.15) is 0 Å². The zero-order chi connectivity index (χ0) is 15.1. The first-order valence-corrected chi connectivity index (χ1v) is 8.63. The summed E-state index contributed by atoms with van der Waals surface area (Å²) in [6.45, 7) is 2.73. The van der Waals surface area contributed by atoms with Gasteiger partial charge in [0.2, 0.25) is 0 Å². The molecule has 0 bridgehead atoms. The lowest BCUT2D eigenvalue weighted by Crippen LogP contribution is -2.46. The Labute approximate surface area is 130 Å². The summed E-state index contributed by atoms with van der Waals surface area (Å²) in [7, 11) is 0. The minimum atomic E-state index is -0.132. The summed E-state index contributed by atoms with van der Waals surface area (Å²) in [5.74, 6) is 0.194. The van der Waals surface area contributed by atoms with Gasteiger partial charge in [-0.15, -0.1) is 11.3 Å². The minimum absolute atomic E-state index is 0.0963. The van der Waals surface area contributed by atoms with Gasteiger partial charge in [-0.3, -0.25) is 0 Å². The molecule has 1 aromatic heterocycles. The number of aliphatic hydroxyl groups excluding tert-OH is 1. The van der Waals surface area contributed by atoms with E-state index in [9.17, 15) is 9.90 Å². The number of aryl methyl sites for hydroxylation is 1. The monoisotopic (exact) mass is 311 g/mol. The summed E-state index contributed by atoms with van der Waals surface area (Å²) >= 11 is 1.63. The van der Waals surface area contributed by atoms with Crippen molar-refractivity contribution in [3.63, 3.8) is 0 Å². The molecular formula is C15H25N3O2S. The maximum atomic E-state index is 12.0. The topological polar surface area (TPSA) is 74.2 Å². The standard InChI is InChI=1S/C15H25N3O2S/c1-11-17-13(10-21-11)7-8-16-15(20)18-14-6-4-2-3-5-12(14)9-19/h10,12,14,19H,2-9H2,1H3,(H2,16,18,20). The van der Waals surface area contributed by atoms with Crippen LogP contribution in [-0.2, 0) is 6.42 Å². The normalized spacial score (nSPS) is 22.6. The quantitative estimate of drug-likeness (QED) is 0.730. The first kappa shape index (κ1) is 16.2. The molecule has 0 saturated heterocycles. The molecule has 118 valence electrons. The molecular weight excluding hydrogens is 286 g/mol. The number of thiazole rings is 1. The number of nitrogens with zero attached hydrogens (tertiary/aromatic N) is 1. The van der Waals surface area contributed by atoms with Crippen molar-refractivity contribution in [1.82, 2.24) is 15.6 Å². The molecule has 21 heavy (non-hydrogen) atoms. The lowest BCUT2D eigenvalue weighted by molar-refractivity contribution is 0.179. The molecule has 1 aromatic rings. The number of hydrogen-bond donors (Lipinski definition) is 3. The van der Waals surface area contributed by atoms with Gasteiger partial charge >= 0.3 is 6.03 Å². The molecule has 0 aliphatic heterocycles. The van der Waals surface area contributed by atoms with Crippen molar-refractivity contribution in [3.05, 3.63) is 16.1 Å². The Morgan fingerprint density at radius 3 is 2.95 bits per heavy atom. The highest BCUT2D eigenvalue weighted by Crippen LogP contribution is 2.23. The van der Waals surface area contributed by atoms with Crippen LogP contribution in [0.4, 0.5) is 4.79 Å². The number of amides is 2. The van der Waals surface area contributed by atoms with E-state index < -0.39 is 0 Å². The average molecular weight is 311 g/mol. The predicted molar refractivity (Wildman–Crippen MR) is 84.5 cm³/mol. The van der Waals surface area contributed by atoms with E-state index in [4.69, 9.17) is 0 Å². The fraction of sp³-hybridized carbons (Fsp3) is 0.733. The maximum absolute atomic E-state index is 12.0. The van der Waals surface area contributed by atoms with Crippen molar-refractivity contribution in [2.75, 3.05) is 13.2 Å².